The summed E-state index contributed by atoms with van der Waals surface area (Å²) in [4.78, 5) is 41.3. The summed E-state index contributed by atoms with van der Waals surface area (Å²) >= 11 is 0. The number of imide groups is 1. The molecule has 7 heteroatoms. The first-order valence-corrected chi connectivity index (χ1v) is 10.5. The Bertz CT molecular complexity index is 609. The molecule has 0 aromatic rings. The van der Waals surface area contributed by atoms with Crippen molar-refractivity contribution in [2.24, 2.45) is 11.3 Å². The van der Waals surface area contributed by atoms with Gasteiger partial charge in [-0.15, -0.1) is 0 Å². The first-order chi connectivity index (χ1) is 12.9. The Kier molecular flexibility index (Phi) is 6.79. The Balaban J connectivity index is 1.94. The van der Waals surface area contributed by atoms with Crippen molar-refractivity contribution in [3.05, 3.63) is 0 Å². The van der Waals surface area contributed by atoms with Crippen LogP contribution in [0.5, 0.6) is 0 Å². The van der Waals surface area contributed by atoms with Gasteiger partial charge in [-0.2, -0.15) is 0 Å². The lowest BCUT2D eigenvalue weighted by Crippen LogP contribution is -2.54. The van der Waals surface area contributed by atoms with Gasteiger partial charge in [0.2, 0.25) is 5.91 Å². The highest BCUT2D eigenvalue weighted by molar-refractivity contribution is 6.09. The van der Waals surface area contributed by atoms with Crippen LogP contribution in [0.1, 0.15) is 67.7 Å². The lowest BCUT2D eigenvalue weighted by molar-refractivity contribution is -0.137. The van der Waals surface area contributed by atoms with Crippen LogP contribution >= 0.6 is 0 Å². The fourth-order valence-electron chi connectivity index (χ4n) is 5.29. The van der Waals surface area contributed by atoms with Gasteiger partial charge < -0.3 is 10.6 Å². The largest absolute Gasteiger partial charge is 0.353 e. The van der Waals surface area contributed by atoms with Crippen LogP contribution in [0.25, 0.3) is 0 Å². The van der Waals surface area contributed by atoms with E-state index in [1.807, 2.05) is 0 Å². The fraction of sp³-hybridized carbons (Fsp3) is 0.857. The molecule has 2 rings (SSSR count). The molecular formula is C21H38N4O3. The number of urea groups is 1. The van der Waals surface area contributed by atoms with Crippen molar-refractivity contribution in [1.29, 1.82) is 0 Å². The summed E-state index contributed by atoms with van der Waals surface area (Å²) in [5.74, 6) is -0.200. The number of carbonyl (C=O) groups is 3. The van der Waals surface area contributed by atoms with Crippen LogP contribution in [-0.2, 0) is 9.59 Å². The molecule has 1 saturated carbocycles. The van der Waals surface area contributed by atoms with Crippen LogP contribution in [0.15, 0.2) is 0 Å². The van der Waals surface area contributed by atoms with Crippen LogP contribution in [0.2, 0.25) is 0 Å². The first-order valence-electron chi connectivity index (χ1n) is 10.5. The molecule has 160 valence electrons. The Morgan fingerprint density at radius 2 is 1.82 bits per heavy atom. The number of hydrogen-bond acceptors (Lipinski definition) is 4. The highest BCUT2D eigenvalue weighted by Gasteiger charge is 2.56. The van der Waals surface area contributed by atoms with Crippen LogP contribution in [0.3, 0.4) is 0 Å². The summed E-state index contributed by atoms with van der Waals surface area (Å²) in [6.07, 6.45) is 2.28. The third-order valence-corrected chi connectivity index (χ3v) is 5.94. The van der Waals surface area contributed by atoms with Crippen molar-refractivity contribution < 1.29 is 14.4 Å². The first kappa shape index (κ1) is 22.7. The van der Waals surface area contributed by atoms with E-state index in [4.69, 9.17) is 0 Å². The Hall–Kier alpha value is -1.63. The lowest BCUT2D eigenvalue weighted by atomic mass is 9.64. The van der Waals surface area contributed by atoms with Crippen molar-refractivity contribution in [3.8, 4) is 0 Å². The van der Waals surface area contributed by atoms with E-state index in [0.717, 1.165) is 17.9 Å². The Morgan fingerprint density at radius 1 is 1.21 bits per heavy atom. The van der Waals surface area contributed by atoms with Crippen LogP contribution in [-0.4, -0.2) is 64.9 Å². The predicted molar refractivity (Wildman–Crippen MR) is 110 cm³/mol. The average Bonchev–Trinajstić information content (AvgIpc) is 2.72. The van der Waals surface area contributed by atoms with Gasteiger partial charge in [-0.05, 0) is 58.3 Å². The molecule has 2 fully saturated rings. The van der Waals surface area contributed by atoms with Gasteiger partial charge >= 0.3 is 6.03 Å². The average molecular weight is 395 g/mol. The van der Waals surface area contributed by atoms with E-state index in [9.17, 15) is 14.4 Å². The van der Waals surface area contributed by atoms with Gasteiger partial charge in [-0.1, -0.05) is 20.8 Å². The third-order valence-electron chi connectivity index (χ3n) is 5.94. The highest BCUT2D eigenvalue weighted by atomic mass is 16.2. The topological polar surface area (TPSA) is 81.8 Å². The summed E-state index contributed by atoms with van der Waals surface area (Å²) in [5, 5.41) is 5.77. The SMILES string of the molecule is CC1CC(C)(C)CC2(C1)NC(=O)N(CC(=O)NCCN(C(C)C)C(C)C)C2=O. The molecule has 0 radical (unpaired) electrons. The Labute approximate surface area is 169 Å². The van der Waals surface area contributed by atoms with Gasteiger partial charge in [0.15, 0.2) is 0 Å². The molecule has 1 aliphatic carbocycles. The third kappa shape index (κ3) is 5.04. The quantitative estimate of drug-likeness (QED) is 0.650. The molecule has 1 aliphatic heterocycles. The summed E-state index contributed by atoms with van der Waals surface area (Å²) in [7, 11) is 0. The molecule has 2 N–H and O–H groups in total. The van der Waals surface area contributed by atoms with E-state index in [0.29, 0.717) is 37.4 Å². The summed E-state index contributed by atoms with van der Waals surface area (Å²) < 4.78 is 0. The molecular weight excluding hydrogens is 356 g/mol. The smallest absolute Gasteiger partial charge is 0.325 e. The van der Waals surface area contributed by atoms with Crippen molar-refractivity contribution in [3.63, 3.8) is 0 Å². The van der Waals surface area contributed by atoms with E-state index in [1.165, 1.54) is 0 Å². The van der Waals surface area contributed by atoms with Gasteiger partial charge in [0.25, 0.3) is 5.91 Å². The zero-order valence-corrected chi connectivity index (χ0v) is 18.6. The molecule has 7 nitrogen and oxygen atoms in total. The standard InChI is InChI=1S/C21H38N4O3/c1-14(2)24(15(3)4)9-8-22-17(26)12-25-18(27)21(23-19(25)28)11-16(5)10-20(6,7)13-21/h14-16H,8-13H2,1-7H3,(H,22,26)(H,23,28). The van der Waals surface area contributed by atoms with Crippen molar-refractivity contribution in [1.82, 2.24) is 20.4 Å². The summed E-state index contributed by atoms with van der Waals surface area (Å²) in [5.41, 5.74) is -0.874. The summed E-state index contributed by atoms with van der Waals surface area (Å²) in [6.45, 7) is 15.9. The summed E-state index contributed by atoms with van der Waals surface area (Å²) in [6, 6.07) is 0.328. The predicted octanol–water partition coefficient (Wildman–Crippen LogP) is 2.36. The maximum absolute atomic E-state index is 13.1. The number of nitrogens with zero attached hydrogens (tertiary/aromatic N) is 2. The molecule has 28 heavy (non-hydrogen) atoms. The molecule has 2 aliphatic rings. The maximum atomic E-state index is 13.1. The molecule has 2 unspecified atom stereocenters. The van der Waals surface area contributed by atoms with E-state index in [1.54, 1.807) is 0 Å². The van der Waals surface area contributed by atoms with Gasteiger partial charge in [-0.3, -0.25) is 19.4 Å². The molecule has 2 atom stereocenters. The molecule has 0 aromatic carbocycles. The highest BCUT2D eigenvalue weighted by Crippen LogP contribution is 2.46. The van der Waals surface area contributed by atoms with Gasteiger partial charge in [0, 0.05) is 25.2 Å². The van der Waals surface area contributed by atoms with E-state index in [2.05, 4.69) is 64.0 Å². The van der Waals surface area contributed by atoms with Crippen LogP contribution in [0, 0.1) is 11.3 Å². The normalized spacial score (nSPS) is 27.2. The number of rotatable bonds is 7. The Morgan fingerprint density at radius 3 is 2.36 bits per heavy atom. The van der Waals surface area contributed by atoms with Gasteiger partial charge in [0.1, 0.15) is 12.1 Å². The van der Waals surface area contributed by atoms with Gasteiger partial charge in [0.05, 0.1) is 0 Å². The second kappa shape index (κ2) is 8.39. The monoisotopic (exact) mass is 394 g/mol. The molecule has 1 spiro atoms. The van der Waals surface area contributed by atoms with E-state index < -0.39 is 11.6 Å². The van der Waals surface area contributed by atoms with Crippen molar-refractivity contribution in [2.75, 3.05) is 19.6 Å². The van der Waals surface area contributed by atoms with E-state index in [-0.39, 0.29) is 23.8 Å². The molecule has 1 heterocycles. The minimum atomic E-state index is -0.857. The second-order valence-corrected chi connectivity index (χ2v) is 10.0. The number of amides is 4. The molecule has 0 bridgehead atoms. The zero-order valence-electron chi connectivity index (χ0n) is 18.6. The fourth-order valence-corrected chi connectivity index (χ4v) is 5.29. The number of hydrogen-bond donors (Lipinski definition) is 2. The number of carbonyl (C=O) groups excluding carboxylic acids is 3. The van der Waals surface area contributed by atoms with Crippen LogP contribution < -0.4 is 10.6 Å². The van der Waals surface area contributed by atoms with Gasteiger partial charge in [-0.25, -0.2) is 4.79 Å². The van der Waals surface area contributed by atoms with Crippen molar-refractivity contribution >= 4 is 17.8 Å². The molecule has 0 aromatic heterocycles. The maximum Gasteiger partial charge on any atom is 0.325 e. The van der Waals surface area contributed by atoms with Crippen LogP contribution in [0.4, 0.5) is 4.79 Å². The minimum absolute atomic E-state index is 0.0178. The molecule has 1 saturated heterocycles. The second-order valence-electron chi connectivity index (χ2n) is 10.0. The van der Waals surface area contributed by atoms with Crippen molar-refractivity contribution in [2.45, 2.75) is 85.4 Å². The minimum Gasteiger partial charge on any atom is -0.353 e. The number of nitrogens with one attached hydrogen (secondary N) is 2. The zero-order chi connectivity index (χ0) is 21.3. The van der Waals surface area contributed by atoms with E-state index >= 15 is 0 Å². The molecule has 4 amide bonds. The lowest BCUT2D eigenvalue weighted by Gasteiger charge is -2.43.